The second kappa shape index (κ2) is 5.50. The molecule has 2 heterocycles. The van der Waals surface area contributed by atoms with Crippen molar-refractivity contribution in [2.75, 3.05) is 6.61 Å². The summed E-state index contributed by atoms with van der Waals surface area (Å²) in [5.74, 6) is 1.48. The van der Waals surface area contributed by atoms with E-state index in [2.05, 4.69) is 6.92 Å². The number of fused-ring (bicyclic) bond motifs is 1. The Morgan fingerprint density at radius 3 is 2.86 bits per heavy atom. The van der Waals surface area contributed by atoms with Gasteiger partial charge in [0, 0.05) is 18.1 Å². The van der Waals surface area contributed by atoms with Gasteiger partial charge in [0.05, 0.1) is 18.3 Å². The largest absolute Gasteiger partial charge is 0.491 e. The van der Waals surface area contributed by atoms with Crippen molar-refractivity contribution in [2.45, 2.75) is 63.9 Å². The van der Waals surface area contributed by atoms with Gasteiger partial charge in [0.25, 0.3) is 0 Å². The molecule has 0 aromatic heterocycles. The van der Waals surface area contributed by atoms with Gasteiger partial charge in [0.2, 0.25) is 0 Å². The number of benzene rings is 1. The van der Waals surface area contributed by atoms with Gasteiger partial charge < -0.3 is 19.3 Å². The highest BCUT2D eigenvalue weighted by atomic mass is 16.5. The average molecular weight is 292 g/mol. The van der Waals surface area contributed by atoms with Crippen LogP contribution in [0.4, 0.5) is 0 Å². The van der Waals surface area contributed by atoms with Crippen molar-refractivity contribution < 1.29 is 19.3 Å². The molecule has 4 nitrogen and oxygen atoms in total. The predicted octanol–water partition coefficient (Wildman–Crippen LogP) is 3.23. The highest BCUT2D eigenvalue weighted by Crippen LogP contribution is 2.41. The first-order chi connectivity index (χ1) is 9.93. The van der Waals surface area contributed by atoms with Crippen LogP contribution >= 0.6 is 0 Å². The van der Waals surface area contributed by atoms with Crippen LogP contribution in [0.3, 0.4) is 0 Å². The highest BCUT2D eigenvalue weighted by Gasteiger charge is 2.33. The van der Waals surface area contributed by atoms with Gasteiger partial charge in [-0.25, -0.2) is 0 Å². The number of aliphatic hydroxyl groups excluding tert-OH is 1. The smallest absolute Gasteiger partial charge is 0.129 e. The molecule has 1 N–H and O–H groups in total. The molecule has 0 radical (unpaired) electrons. The Morgan fingerprint density at radius 2 is 2.14 bits per heavy atom. The molecule has 2 aliphatic rings. The van der Waals surface area contributed by atoms with Crippen LogP contribution in [0.15, 0.2) is 18.2 Å². The Balaban J connectivity index is 1.68. The lowest BCUT2D eigenvalue weighted by atomic mass is 9.92. The van der Waals surface area contributed by atoms with Crippen molar-refractivity contribution >= 4 is 0 Å². The zero-order chi connectivity index (χ0) is 15.0. The van der Waals surface area contributed by atoms with Crippen molar-refractivity contribution in [3.05, 3.63) is 23.8 Å². The third-order valence-electron chi connectivity index (χ3n) is 4.17. The molecule has 1 aromatic rings. The molecule has 0 saturated carbocycles. The van der Waals surface area contributed by atoms with Gasteiger partial charge in [-0.2, -0.15) is 0 Å². The molecule has 4 heteroatoms. The van der Waals surface area contributed by atoms with Crippen molar-refractivity contribution in [3.63, 3.8) is 0 Å². The molecule has 21 heavy (non-hydrogen) atoms. The summed E-state index contributed by atoms with van der Waals surface area (Å²) in [5.41, 5.74) is 0.488. The number of rotatable bonds is 3. The lowest BCUT2D eigenvalue weighted by molar-refractivity contribution is 0.0104. The summed E-state index contributed by atoms with van der Waals surface area (Å²) < 4.78 is 17.5. The van der Waals surface area contributed by atoms with Crippen molar-refractivity contribution in [2.24, 2.45) is 0 Å². The number of hydrogen-bond acceptors (Lipinski definition) is 4. The summed E-state index contributed by atoms with van der Waals surface area (Å²) in [6, 6.07) is 5.66. The van der Waals surface area contributed by atoms with Crippen molar-refractivity contribution in [1.82, 2.24) is 0 Å². The fourth-order valence-corrected chi connectivity index (χ4v) is 3.08. The van der Waals surface area contributed by atoms with E-state index in [0.29, 0.717) is 19.1 Å². The molecule has 0 amide bonds. The highest BCUT2D eigenvalue weighted by molar-refractivity contribution is 5.43. The summed E-state index contributed by atoms with van der Waals surface area (Å²) in [6.45, 7) is 6.63. The number of ether oxygens (including phenoxy) is 3. The standard InChI is InChI=1S/C17H24O4/c1-11-4-5-13(20-11)10-19-12-6-7-14-15(18)9-17(2,3)21-16(14)8-12/h6-8,11,13,15,18H,4-5,9-10H2,1-3H3. The molecule has 0 bridgehead atoms. The summed E-state index contributed by atoms with van der Waals surface area (Å²) >= 11 is 0. The van der Waals surface area contributed by atoms with Crippen LogP contribution in [0.5, 0.6) is 11.5 Å². The molecule has 1 aromatic carbocycles. The van der Waals surface area contributed by atoms with Gasteiger partial charge in [-0.3, -0.25) is 0 Å². The van der Waals surface area contributed by atoms with Crippen molar-refractivity contribution in [1.29, 1.82) is 0 Å². The first-order valence-corrected chi connectivity index (χ1v) is 7.72. The van der Waals surface area contributed by atoms with Crippen LogP contribution in [-0.2, 0) is 4.74 Å². The Kier molecular flexibility index (Phi) is 3.84. The van der Waals surface area contributed by atoms with Crippen LogP contribution in [0.2, 0.25) is 0 Å². The lowest BCUT2D eigenvalue weighted by Crippen LogP contribution is -2.34. The second-order valence-electron chi connectivity index (χ2n) is 6.74. The minimum Gasteiger partial charge on any atom is -0.491 e. The molecule has 1 saturated heterocycles. The van der Waals surface area contributed by atoms with Gasteiger partial charge in [-0.15, -0.1) is 0 Å². The molecular weight excluding hydrogens is 268 g/mol. The van der Waals surface area contributed by atoms with E-state index in [0.717, 1.165) is 29.9 Å². The third kappa shape index (κ3) is 3.33. The summed E-state index contributed by atoms with van der Waals surface area (Å²) in [6.07, 6.45) is 2.79. The fraction of sp³-hybridized carbons (Fsp3) is 0.647. The second-order valence-corrected chi connectivity index (χ2v) is 6.74. The molecule has 3 atom stereocenters. The third-order valence-corrected chi connectivity index (χ3v) is 4.17. The maximum Gasteiger partial charge on any atom is 0.129 e. The normalized spacial score (nSPS) is 30.6. The van der Waals surface area contributed by atoms with E-state index >= 15 is 0 Å². The van der Waals surface area contributed by atoms with Gasteiger partial charge in [0.15, 0.2) is 0 Å². The molecule has 116 valence electrons. The zero-order valence-corrected chi connectivity index (χ0v) is 13.0. The van der Waals surface area contributed by atoms with Crippen LogP contribution < -0.4 is 9.47 Å². The van der Waals surface area contributed by atoms with E-state index in [1.165, 1.54) is 0 Å². The lowest BCUT2D eigenvalue weighted by Gasteiger charge is -2.35. The molecule has 1 fully saturated rings. The van der Waals surface area contributed by atoms with E-state index in [9.17, 15) is 5.11 Å². The summed E-state index contributed by atoms with van der Waals surface area (Å²) in [7, 11) is 0. The quantitative estimate of drug-likeness (QED) is 0.929. The zero-order valence-electron chi connectivity index (χ0n) is 13.0. The first-order valence-electron chi connectivity index (χ1n) is 7.72. The van der Waals surface area contributed by atoms with Crippen LogP contribution in [-0.4, -0.2) is 29.5 Å². The molecule has 3 rings (SSSR count). The SMILES string of the molecule is CC1CCC(COc2ccc3c(c2)OC(C)(C)CC3O)O1. The van der Waals surface area contributed by atoms with E-state index in [1.807, 2.05) is 32.0 Å². The van der Waals surface area contributed by atoms with Gasteiger partial charge in [-0.1, -0.05) is 0 Å². The Bertz CT molecular complexity index is 512. The van der Waals surface area contributed by atoms with Crippen LogP contribution in [0.1, 0.15) is 51.7 Å². The van der Waals surface area contributed by atoms with Gasteiger partial charge >= 0.3 is 0 Å². The van der Waals surface area contributed by atoms with Gasteiger partial charge in [-0.05, 0) is 45.7 Å². The maximum absolute atomic E-state index is 10.2. The monoisotopic (exact) mass is 292 g/mol. The van der Waals surface area contributed by atoms with Crippen molar-refractivity contribution in [3.8, 4) is 11.5 Å². The van der Waals surface area contributed by atoms with Crippen LogP contribution in [0.25, 0.3) is 0 Å². The molecule has 3 unspecified atom stereocenters. The molecule has 2 aliphatic heterocycles. The minimum atomic E-state index is -0.475. The molecule has 0 aliphatic carbocycles. The van der Waals surface area contributed by atoms with E-state index in [4.69, 9.17) is 14.2 Å². The fourth-order valence-electron chi connectivity index (χ4n) is 3.08. The van der Waals surface area contributed by atoms with E-state index < -0.39 is 6.10 Å². The average Bonchev–Trinajstić information content (AvgIpc) is 2.80. The first kappa shape index (κ1) is 14.7. The van der Waals surface area contributed by atoms with E-state index in [1.54, 1.807) is 0 Å². The Hall–Kier alpha value is -1.26. The minimum absolute atomic E-state index is 0.180. The topological polar surface area (TPSA) is 47.9 Å². The Labute approximate surface area is 126 Å². The molecular formula is C17H24O4. The van der Waals surface area contributed by atoms with Gasteiger partial charge in [0.1, 0.15) is 23.7 Å². The maximum atomic E-state index is 10.2. The Morgan fingerprint density at radius 1 is 1.33 bits per heavy atom. The van der Waals surface area contributed by atoms with Crippen LogP contribution in [0, 0.1) is 0 Å². The molecule has 0 spiro atoms. The van der Waals surface area contributed by atoms with E-state index in [-0.39, 0.29) is 11.7 Å². The number of hydrogen-bond donors (Lipinski definition) is 1. The summed E-state index contributed by atoms with van der Waals surface area (Å²) in [5, 5.41) is 10.2. The number of aliphatic hydroxyl groups is 1. The summed E-state index contributed by atoms with van der Waals surface area (Å²) in [4.78, 5) is 0. The predicted molar refractivity (Wildman–Crippen MR) is 79.8 cm³/mol.